The number of piperidine rings is 1. The number of nitro groups is 1. The van der Waals surface area contributed by atoms with Crippen molar-refractivity contribution in [2.75, 3.05) is 24.5 Å². The highest BCUT2D eigenvalue weighted by molar-refractivity contribution is 5.77. The Kier molecular flexibility index (Phi) is 3.27. The van der Waals surface area contributed by atoms with E-state index in [1.54, 1.807) is 6.07 Å². The van der Waals surface area contributed by atoms with Crippen LogP contribution < -0.4 is 10.6 Å². The molecule has 0 amide bonds. The molecule has 1 aromatic carbocycles. The Morgan fingerprint density at radius 1 is 1.45 bits per heavy atom. The molecule has 7 nitrogen and oxygen atoms in total. The van der Waals surface area contributed by atoms with Gasteiger partial charge in [0.15, 0.2) is 5.58 Å². The van der Waals surface area contributed by atoms with Gasteiger partial charge in [-0.1, -0.05) is 0 Å². The standard InChI is InChI=1S/C13H16N4O3/c14-8-9-3-5-16(6-4-9)13-15-11-2-1-10(17(18)19)7-12(11)20-13/h1-2,7,9H,3-6,8,14H2. The fraction of sp³-hybridized carbons (Fsp3) is 0.462. The van der Waals surface area contributed by atoms with Crippen molar-refractivity contribution in [1.29, 1.82) is 0 Å². The highest BCUT2D eigenvalue weighted by atomic mass is 16.6. The van der Waals surface area contributed by atoms with E-state index in [1.807, 2.05) is 0 Å². The molecule has 0 aliphatic carbocycles. The first kappa shape index (κ1) is 12.9. The lowest BCUT2D eigenvalue weighted by molar-refractivity contribution is -0.384. The Balaban J connectivity index is 1.84. The second-order valence-corrected chi connectivity index (χ2v) is 5.07. The number of hydrogen-bond donors (Lipinski definition) is 1. The minimum Gasteiger partial charge on any atom is -0.423 e. The van der Waals surface area contributed by atoms with Gasteiger partial charge in [0.1, 0.15) is 5.52 Å². The minimum absolute atomic E-state index is 0.0158. The summed E-state index contributed by atoms with van der Waals surface area (Å²) < 4.78 is 5.65. The van der Waals surface area contributed by atoms with Crippen molar-refractivity contribution in [3.63, 3.8) is 0 Å². The molecular weight excluding hydrogens is 260 g/mol. The van der Waals surface area contributed by atoms with Crippen molar-refractivity contribution >= 4 is 22.8 Å². The molecule has 0 atom stereocenters. The summed E-state index contributed by atoms with van der Waals surface area (Å²) in [7, 11) is 0. The van der Waals surface area contributed by atoms with Crippen LogP contribution in [0.3, 0.4) is 0 Å². The molecule has 0 radical (unpaired) electrons. The van der Waals surface area contributed by atoms with E-state index in [9.17, 15) is 10.1 Å². The number of nitrogens with zero attached hydrogens (tertiary/aromatic N) is 3. The van der Waals surface area contributed by atoms with Gasteiger partial charge in [-0.15, -0.1) is 0 Å². The van der Waals surface area contributed by atoms with Gasteiger partial charge >= 0.3 is 0 Å². The Bertz CT molecular complexity index is 632. The third kappa shape index (κ3) is 2.32. The molecule has 1 fully saturated rings. The van der Waals surface area contributed by atoms with Crippen LogP contribution in [0.5, 0.6) is 0 Å². The first-order valence-corrected chi connectivity index (χ1v) is 6.67. The van der Waals surface area contributed by atoms with E-state index in [4.69, 9.17) is 10.2 Å². The molecule has 0 saturated carbocycles. The summed E-state index contributed by atoms with van der Waals surface area (Å²) in [6, 6.07) is 5.01. The maximum absolute atomic E-state index is 10.7. The normalized spacial score (nSPS) is 16.8. The maximum atomic E-state index is 10.7. The summed E-state index contributed by atoms with van der Waals surface area (Å²) >= 11 is 0. The van der Waals surface area contributed by atoms with Crippen LogP contribution in [0.2, 0.25) is 0 Å². The number of fused-ring (bicyclic) bond motifs is 1. The van der Waals surface area contributed by atoms with Crippen molar-refractivity contribution in [2.45, 2.75) is 12.8 Å². The number of benzene rings is 1. The van der Waals surface area contributed by atoms with E-state index < -0.39 is 4.92 Å². The fourth-order valence-electron chi connectivity index (χ4n) is 2.51. The molecule has 1 aliphatic rings. The molecule has 20 heavy (non-hydrogen) atoms. The number of aromatic nitrogens is 1. The Morgan fingerprint density at radius 2 is 2.20 bits per heavy atom. The van der Waals surface area contributed by atoms with Gasteiger partial charge in [-0.3, -0.25) is 10.1 Å². The summed E-state index contributed by atoms with van der Waals surface area (Å²) in [5.74, 6) is 0.566. The molecule has 1 saturated heterocycles. The zero-order valence-electron chi connectivity index (χ0n) is 11.0. The highest BCUT2D eigenvalue weighted by Crippen LogP contribution is 2.28. The largest absolute Gasteiger partial charge is 0.423 e. The highest BCUT2D eigenvalue weighted by Gasteiger charge is 2.22. The molecule has 2 N–H and O–H groups in total. The van der Waals surface area contributed by atoms with Gasteiger partial charge in [-0.25, -0.2) is 0 Å². The van der Waals surface area contributed by atoms with Crippen LogP contribution in [0.1, 0.15) is 12.8 Å². The molecule has 3 rings (SSSR count). The zero-order chi connectivity index (χ0) is 14.1. The second kappa shape index (κ2) is 5.09. The topological polar surface area (TPSA) is 98.4 Å². The van der Waals surface area contributed by atoms with E-state index in [-0.39, 0.29) is 5.69 Å². The van der Waals surface area contributed by atoms with Crippen molar-refractivity contribution in [2.24, 2.45) is 11.7 Å². The number of nitrogens with two attached hydrogens (primary N) is 1. The third-order valence-electron chi connectivity index (χ3n) is 3.79. The number of oxazole rings is 1. The number of non-ortho nitro benzene ring substituents is 1. The summed E-state index contributed by atoms with van der Waals surface area (Å²) in [6.45, 7) is 2.43. The molecule has 0 spiro atoms. The van der Waals surface area contributed by atoms with E-state index in [1.165, 1.54) is 12.1 Å². The van der Waals surface area contributed by atoms with E-state index in [0.29, 0.717) is 29.6 Å². The van der Waals surface area contributed by atoms with Gasteiger partial charge in [-0.05, 0) is 31.4 Å². The number of anilines is 1. The van der Waals surface area contributed by atoms with Crippen molar-refractivity contribution in [1.82, 2.24) is 4.98 Å². The van der Waals surface area contributed by atoms with Gasteiger partial charge in [0, 0.05) is 19.2 Å². The van der Waals surface area contributed by atoms with Crippen LogP contribution in [0, 0.1) is 16.0 Å². The summed E-state index contributed by atoms with van der Waals surface area (Å²) in [4.78, 5) is 16.8. The molecule has 2 aromatic rings. The number of nitro benzene ring substituents is 1. The lowest BCUT2D eigenvalue weighted by Gasteiger charge is -2.29. The maximum Gasteiger partial charge on any atom is 0.298 e. The first-order chi connectivity index (χ1) is 9.67. The quantitative estimate of drug-likeness (QED) is 0.679. The van der Waals surface area contributed by atoms with E-state index in [0.717, 1.165) is 25.9 Å². The third-order valence-corrected chi connectivity index (χ3v) is 3.79. The van der Waals surface area contributed by atoms with Crippen molar-refractivity contribution in [3.05, 3.63) is 28.3 Å². The SMILES string of the molecule is NCC1CCN(c2nc3ccc([N+](=O)[O-])cc3o2)CC1. The smallest absolute Gasteiger partial charge is 0.298 e. The van der Waals surface area contributed by atoms with E-state index >= 15 is 0 Å². The molecule has 1 aromatic heterocycles. The first-order valence-electron chi connectivity index (χ1n) is 6.67. The predicted molar refractivity (Wildman–Crippen MR) is 74.7 cm³/mol. The molecule has 106 valence electrons. The number of hydrogen-bond acceptors (Lipinski definition) is 6. The monoisotopic (exact) mass is 276 g/mol. The zero-order valence-corrected chi connectivity index (χ0v) is 11.0. The van der Waals surface area contributed by atoms with Crippen LogP contribution in [-0.2, 0) is 0 Å². The molecule has 7 heteroatoms. The van der Waals surface area contributed by atoms with Crippen LogP contribution in [0.25, 0.3) is 11.1 Å². The summed E-state index contributed by atoms with van der Waals surface area (Å²) in [6.07, 6.45) is 2.05. The molecule has 0 unspecified atom stereocenters. The molecule has 0 bridgehead atoms. The van der Waals surface area contributed by atoms with Gasteiger partial charge in [0.2, 0.25) is 0 Å². The van der Waals surface area contributed by atoms with E-state index in [2.05, 4.69) is 9.88 Å². The summed E-state index contributed by atoms with van der Waals surface area (Å²) in [5.41, 5.74) is 6.79. The second-order valence-electron chi connectivity index (χ2n) is 5.07. The molecular formula is C13H16N4O3. The minimum atomic E-state index is -0.436. The Labute approximate surface area is 115 Å². The summed E-state index contributed by atoms with van der Waals surface area (Å²) in [5, 5.41) is 10.7. The predicted octanol–water partition coefficient (Wildman–Crippen LogP) is 1.91. The molecule has 2 heterocycles. The van der Waals surface area contributed by atoms with Crippen LogP contribution >= 0.6 is 0 Å². The lowest BCUT2D eigenvalue weighted by Crippen LogP contribution is -2.36. The van der Waals surface area contributed by atoms with Crippen molar-refractivity contribution in [3.8, 4) is 0 Å². The van der Waals surface area contributed by atoms with Crippen LogP contribution in [0.4, 0.5) is 11.7 Å². The van der Waals surface area contributed by atoms with Gasteiger partial charge < -0.3 is 15.1 Å². The number of rotatable bonds is 3. The average Bonchev–Trinajstić information content (AvgIpc) is 2.90. The van der Waals surface area contributed by atoms with Gasteiger partial charge in [0.25, 0.3) is 11.7 Å². The Hall–Kier alpha value is -2.15. The van der Waals surface area contributed by atoms with Crippen LogP contribution in [0.15, 0.2) is 22.6 Å². The van der Waals surface area contributed by atoms with Gasteiger partial charge in [-0.2, -0.15) is 4.98 Å². The van der Waals surface area contributed by atoms with Crippen molar-refractivity contribution < 1.29 is 9.34 Å². The van der Waals surface area contributed by atoms with Crippen LogP contribution in [-0.4, -0.2) is 29.5 Å². The Morgan fingerprint density at radius 3 is 2.85 bits per heavy atom. The van der Waals surface area contributed by atoms with Gasteiger partial charge in [0.05, 0.1) is 11.0 Å². The molecule has 1 aliphatic heterocycles. The lowest BCUT2D eigenvalue weighted by atomic mass is 9.97. The fourth-order valence-corrected chi connectivity index (χ4v) is 2.51. The average molecular weight is 276 g/mol.